The van der Waals surface area contributed by atoms with E-state index in [4.69, 9.17) is 14.2 Å². The molecule has 6 N–H and O–H groups in total. The highest BCUT2D eigenvalue weighted by atomic mass is 16.7. The molecule has 91 heavy (non-hydrogen) atoms. The van der Waals surface area contributed by atoms with Crippen LogP contribution >= 0.6 is 0 Å². The minimum atomic E-state index is -1.57. The molecule has 0 aromatic heterocycles. The van der Waals surface area contributed by atoms with Gasteiger partial charge in [-0.2, -0.15) is 0 Å². The first kappa shape index (κ1) is 86.4. The average Bonchev–Trinajstić information content (AvgIpc) is 1.17. The van der Waals surface area contributed by atoms with Crippen LogP contribution in [-0.4, -0.2) is 100 Å². The van der Waals surface area contributed by atoms with E-state index in [1.54, 1.807) is 6.08 Å². The maximum atomic E-state index is 13.0. The summed E-state index contributed by atoms with van der Waals surface area (Å²) in [5.74, 6) is -0.177. The number of allylic oxidation sites excluding steroid dienone is 9. The van der Waals surface area contributed by atoms with E-state index in [-0.39, 0.29) is 18.5 Å². The van der Waals surface area contributed by atoms with Crippen LogP contribution in [0.1, 0.15) is 373 Å². The van der Waals surface area contributed by atoms with Crippen LogP contribution in [0.5, 0.6) is 0 Å². The summed E-state index contributed by atoms with van der Waals surface area (Å²) in [7, 11) is 0. The highest BCUT2D eigenvalue weighted by Gasteiger charge is 2.44. The van der Waals surface area contributed by atoms with Gasteiger partial charge in [-0.1, -0.05) is 325 Å². The van der Waals surface area contributed by atoms with Crippen molar-refractivity contribution in [3.05, 3.63) is 60.8 Å². The van der Waals surface area contributed by atoms with Crippen LogP contribution < -0.4 is 5.32 Å². The van der Waals surface area contributed by atoms with Crippen LogP contribution in [0.2, 0.25) is 0 Å². The molecule has 11 nitrogen and oxygen atoms in total. The third-order valence-electron chi connectivity index (χ3n) is 18.3. The van der Waals surface area contributed by atoms with Crippen molar-refractivity contribution in [3.8, 4) is 0 Å². The van der Waals surface area contributed by atoms with Gasteiger partial charge in [-0.3, -0.25) is 9.59 Å². The lowest BCUT2D eigenvalue weighted by molar-refractivity contribution is -0.302. The van der Waals surface area contributed by atoms with Gasteiger partial charge < -0.3 is 45.1 Å². The third-order valence-corrected chi connectivity index (χ3v) is 18.3. The van der Waals surface area contributed by atoms with Crippen molar-refractivity contribution >= 4 is 11.9 Å². The third kappa shape index (κ3) is 57.3. The summed E-state index contributed by atoms with van der Waals surface area (Å²) in [5, 5.41) is 54.4. The molecule has 0 spiro atoms. The van der Waals surface area contributed by atoms with Crippen molar-refractivity contribution in [2.24, 2.45) is 0 Å². The molecular formula is C80H147NO10. The lowest BCUT2D eigenvalue weighted by Gasteiger charge is -2.40. The Morgan fingerprint density at radius 2 is 0.736 bits per heavy atom. The molecular weight excluding hydrogens is 1130 g/mol. The van der Waals surface area contributed by atoms with Crippen molar-refractivity contribution in [2.45, 2.75) is 416 Å². The number of amides is 1. The Balaban J connectivity index is 1.89. The van der Waals surface area contributed by atoms with Crippen LogP contribution in [-0.2, 0) is 23.8 Å². The molecule has 1 heterocycles. The molecule has 7 unspecified atom stereocenters. The largest absolute Gasteiger partial charge is 0.466 e. The highest BCUT2D eigenvalue weighted by Crippen LogP contribution is 2.23. The molecule has 0 bridgehead atoms. The summed E-state index contributed by atoms with van der Waals surface area (Å²) in [5.41, 5.74) is 0. The SMILES string of the molecule is CCCCCC/C=C\C/C=C\CCCCCCCCCC(=O)OCCCCCCCCCCCCC/C=C\C/C=C\CCCCCCCCCCCCCCCCCCCC(=O)NC(COC1OC(CO)C(O)C(O)C1O)C(O)/C=C/CCCCCCCCCC. The Morgan fingerprint density at radius 1 is 0.407 bits per heavy atom. The van der Waals surface area contributed by atoms with E-state index < -0.39 is 49.5 Å². The van der Waals surface area contributed by atoms with Gasteiger partial charge >= 0.3 is 5.97 Å². The van der Waals surface area contributed by atoms with Crippen molar-refractivity contribution in [1.82, 2.24) is 5.32 Å². The molecule has 0 saturated carbocycles. The molecule has 11 heteroatoms. The Hall–Kier alpha value is -2.64. The zero-order valence-corrected chi connectivity index (χ0v) is 59.3. The number of nitrogens with one attached hydrogen (secondary N) is 1. The van der Waals surface area contributed by atoms with E-state index in [9.17, 15) is 35.1 Å². The average molecular weight is 1280 g/mol. The number of hydrogen-bond donors (Lipinski definition) is 6. The van der Waals surface area contributed by atoms with E-state index >= 15 is 0 Å². The number of aliphatic hydroxyl groups excluding tert-OH is 5. The second-order valence-corrected chi connectivity index (χ2v) is 27.1. The van der Waals surface area contributed by atoms with Gasteiger partial charge in [-0.05, 0) is 96.3 Å². The number of carbonyl (C=O) groups excluding carboxylic acids is 2. The van der Waals surface area contributed by atoms with Crippen molar-refractivity contribution in [3.63, 3.8) is 0 Å². The minimum absolute atomic E-state index is 0.00280. The number of ether oxygens (including phenoxy) is 3. The molecule has 0 aromatic rings. The Bertz CT molecular complexity index is 1700. The smallest absolute Gasteiger partial charge is 0.305 e. The second kappa shape index (κ2) is 68.7. The second-order valence-electron chi connectivity index (χ2n) is 27.1. The Labute approximate surface area is 560 Å². The van der Waals surface area contributed by atoms with E-state index in [2.05, 4.69) is 67.8 Å². The zero-order chi connectivity index (χ0) is 65.8. The Kier molecular flexibility index (Phi) is 65.2. The molecule has 0 aromatic carbocycles. The molecule has 1 amide bonds. The van der Waals surface area contributed by atoms with Gasteiger partial charge in [0, 0.05) is 12.8 Å². The maximum absolute atomic E-state index is 13.0. The summed E-state index contributed by atoms with van der Waals surface area (Å²) in [6, 6.07) is -0.808. The van der Waals surface area contributed by atoms with Crippen LogP contribution in [0.4, 0.5) is 0 Å². The summed E-state index contributed by atoms with van der Waals surface area (Å²) in [4.78, 5) is 25.2. The first-order valence-corrected chi connectivity index (χ1v) is 39.1. The lowest BCUT2D eigenvalue weighted by atomic mass is 9.99. The number of hydrogen-bond acceptors (Lipinski definition) is 10. The predicted octanol–water partition coefficient (Wildman–Crippen LogP) is 20.9. The fourth-order valence-corrected chi connectivity index (χ4v) is 12.2. The number of carbonyl (C=O) groups is 2. The topological polar surface area (TPSA) is 175 Å². The molecule has 1 aliphatic rings. The molecule has 0 aliphatic carbocycles. The summed E-state index contributed by atoms with van der Waals surface area (Å²) in [6.45, 7) is 4.34. The lowest BCUT2D eigenvalue weighted by Crippen LogP contribution is -2.60. The standard InChI is InChI=1S/C80H147NO10/c1-3-5-7-9-11-13-15-16-17-18-39-42-45-48-52-56-60-64-68-76(85)89-69-65-61-57-53-49-46-43-40-37-35-33-31-29-27-25-23-21-19-20-22-24-26-28-30-32-34-36-38-41-44-47-51-55-59-63-67-75(84)81-72(71-90-80-79(88)78(87)77(86)74(70-82)91-80)73(83)66-62-58-54-50-14-12-10-8-6-4-2/h13,15,17-18,21,23,27,29,62,66,72-74,77-80,82-83,86-88H,3-12,14,16,19-20,22,24-26,28,30-61,63-65,67-71H2,1-2H3,(H,81,84)/b15-13-,18-17-,23-21-,29-27-,66-62+. The van der Waals surface area contributed by atoms with Crippen molar-refractivity contribution < 1.29 is 49.3 Å². The van der Waals surface area contributed by atoms with Gasteiger partial charge in [-0.15, -0.1) is 0 Å². The van der Waals surface area contributed by atoms with Crippen molar-refractivity contribution in [2.75, 3.05) is 19.8 Å². The van der Waals surface area contributed by atoms with Crippen LogP contribution in [0.25, 0.3) is 0 Å². The van der Waals surface area contributed by atoms with Gasteiger partial charge in [-0.25, -0.2) is 0 Å². The van der Waals surface area contributed by atoms with Gasteiger partial charge in [0.1, 0.15) is 24.4 Å². The monoisotopic (exact) mass is 1280 g/mol. The predicted molar refractivity (Wildman–Crippen MR) is 384 cm³/mol. The summed E-state index contributed by atoms with van der Waals surface area (Å²) < 4.78 is 16.7. The summed E-state index contributed by atoms with van der Waals surface area (Å²) >= 11 is 0. The fourth-order valence-electron chi connectivity index (χ4n) is 12.2. The molecule has 1 saturated heterocycles. The molecule has 7 atom stereocenters. The normalized spacial score (nSPS) is 17.9. The molecule has 1 fully saturated rings. The number of aliphatic hydroxyl groups is 5. The number of unbranched alkanes of at least 4 members (excludes halogenated alkanes) is 47. The van der Waals surface area contributed by atoms with Crippen LogP contribution in [0.15, 0.2) is 60.8 Å². The van der Waals surface area contributed by atoms with E-state index in [1.807, 2.05) is 6.08 Å². The van der Waals surface area contributed by atoms with E-state index in [0.29, 0.717) is 19.4 Å². The van der Waals surface area contributed by atoms with E-state index in [0.717, 1.165) is 70.6 Å². The number of rotatable bonds is 69. The molecule has 0 radical (unpaired) electrons. The summed E-state index contributed by atoms with van der Waals surface area (Å²) in [6.07, 6.45) is 82.5. The highest BCUT2D eigenvalue weighted by molar-refractivity contribution is 5.76. The fraction of sp³-hybridized carbons (Fsp3) is 0.850. The first-order chi connectivity index (χ1) is 44.7. The van der Waals surface area contributed by atoms with E-state index in [1.165, 1.54) is 276 Å². The van der Waals surface area contributed by atoms with Crippen molar-refractivity contribution in [1.29, 1.82) is 0 Å². The zero-order valence-electron chi connectivity index (χ0n) is 59.3. The van der Waals surface area contributed by atoms with Crippen LogP contribution in [0.3, 0.4) is 0 Å². The molecule has 1 aliphatic heterocycles. The molecule has 532 valence electrons. The minimum Gasteiger partial charge on any atom is -0.466 e. The Morgan fingerprint density at radius 3 is 1.12 bits per heavy atom. The quantitative estimate of drug-likeness (QED) is 0.0195. The maximum Gasteiger partial charge on any atom is 0.305 e. The van der Waals surface area contributed by atoms with Crippen LogP contribution in [0, 0.1) is 0 Å². The van der Waals surface area contributed by atoms with Gasteiger partial charge in [0.25, 0.3) is 0 Å². The van der Waals surface area contributed by atoms with Gasteiger partial charge in [0.2, 0.25) is 5.91 Å². The molecule has 1 rings (SSSR count). The van der Waals surface area contributed by atoms with Gasteiger partial charge in [0.05, 0.1) is 32.0 Å². The first-order valence-electron chi connectivity index (χ1n) is 39.1. The number of esters is 1. The van der Waals surface area contributed by atoms with Gasteiger partial charge in [0.15, 0.2) is 6.29 Å².